The maximum atomic E-state index is 13.7. The summed E-state index contributed by atoms with van der Waals surface area (Å²) >= 11 is 0. The summed E-state index contributed by atoms with van der Waals surface area (Å²) in [6, 6.07) is 20.1. The molecule has 2 aromatic heterocycles. The van der Waals surface area contributed by atoms with Crippen LogP contribution in [0.5, 0.6) is 0 Å². The van der Waals surface area contributed by atoms with Crippen LogP contribution < -0.4 is 5.43 Å². The van der Waals surface area contributed by atoms with Gasteiger partial charge in [0.05, 0.1) is 16.4 Å². The lowest BCUT2D eigenvalue weighted by Crippen LogP contribution is -2.13. The summed E-state index contributed by atoms with van der Waals surface area (Å²) in [5.74, 6) is -0.561. The van der Waals surface area contributed by atoms with Crippen LogP contribution in [0.25, 0.3) is 33.3 Å². The van der Waals surface area contributed by atoms with Crippen LogP contribution in [0.3, 0.4) is 0 Å². The van der Waals surface area contributed by atoms with Crippen molar-refractivity contribution < 1.29 is 22.7 Å². The highest BCUT2D eigenvalue weighted by Crippen LogP contribution is 2.28. The molecule has 0 aliphatic rings. The number of carbonyl (C=O) groups excluding carboxylic acids is 1. The number of alkyl halides is 2. The lowest BCUT2D eigenvalue weighted by atomic mass is 10.0. The van der Waals surface area contributed by atoms with Gasteiger partial charge in [0.15, 0.2) is 16.8 Å². The van der Waals surface area contributed by atoms with Gasteiger partial charge in [0.25, 0.3) is 0 Å². The summed E-state index contributed by atoms with van der Waals surface area (Å²) in [6.45, 7) is -1.67. The third-order valence-corrected chi connectivity index (χ3v) is 5.60. The number of carbonyl (C=O) groups is 1. The van der Waals surface area contributed by atoms with E-state index in [1.165, 1.54) is 12.1 Å². The third kappa shape index (κ3) is 3.63. The zero-order chi connectivity index (χ0) is 23.8. The van der Waals surface area contributed by atoms with Crippen molar-refractivity contribution in [2.24, 2.45) is 0 Å². The number of aromatic nitrogens is 2. The number of para-hydroxylation sites is 3. The minimum absolute atomic E-state index is 0.0199. The lowest BCUT2D eigenvalue weighted by Gasteiger charge is -2.11. The molecule has 0 radical (unpaired) electrons. The highest BCUT2D eigenvalue weighted by Gasteiger charge is 2.22. The second-order valence-corrected chi connectivity index (χ2v) is 7.67. The van der Waals surface area contributed by atoms with Gasteiger partial charge >= 0.3 is 12.5 Å². The van der Waals surface area contributed by atoms with Gasteiger partial charge in [0.1, 0.15) is 17.9 Å². The summed E-state index contributed by atoms with van der Waals surface area (Å²) in [5.41, 5.74) is 1.53. The van der Waals surface area contributed by atoms with Gasteiger partial charge in [0.2, 0.25) is 0 Å². The minimum Gasteiger partial charge on any atom is -0.455 e. The molecule has 0 saturated heterocycles. The van der Waals surface area contributed by atoms with E-state index in [0.29, 0.717) is 22.4 Å². The van der Waals surface area contributed by atoms with Gasteiger partial charge in [-0.3, -0.25) is 9.36 Å². The molecule has 170 valence electrons. The van der Waals surface area contributed by atoms with E-state index in [2.05, 4.69) is 4.98 Å². The van der Waals surface area contributed by atoms with Crippen molar-refractivity contribution in [1.82, 2.24) is 9.55 Å². The standard InChI is InChI=1S/C26H18F2N2O4/c1-15-22(31)17-10-7-11-18(24(17)34-23(15)16-8-3-2-4-9-16)25(32)33-14-21-29-19-12-5-6-13-20(19)30(21)26(27)28/h2-13,26H,14H2,1H3. The van der Waals surface area contributed by atoms with Crippen molar-refractivity contribution in [2.75, 3.05) is 0 Å². The molecular weight excluding hydrogens is 442 g/mol. The van der Waals surface area contributed by atoms with E-state index in [0.717, 1.165) is 4.57 Å². The number of hydrogen-bond acceptors (Lipinski definition) is 5. The van der Waals surface area contributed by atoms with Gasteiger partial charge in [-0.2, -0.15) is 8.78 Å². The topological polar surface area (TPSA) is 74.3 Å². The van der Waals surface area contributed by atoms with Crippen LogP contribution in [0.2, 0.25) is 0 Å². The first-order chi connectivity index (χ1) is 16.5. The number of nitrogens with zero attached hydrogens (tertiary/aromatic N) is 2. The smallest absolute Gasteiger partial charge is 0.342 e. The number of halogens is 2. The Bertz CT molecular complexity index is 1590. The van der Waals surface area contributed by atoms with Crippen LogP contribution in [0, 0.1) is 6.92 Å². The SMILES string of the molecule is Cc1c(-c2ccccc2)oc2c(C(=O)OCc3nc4ccccc4n3C(F)F)cccc2c1=O. The fourth-order valence-corrected chi connectivity index (χ4v) is 3.96. The van der Waals surface area contributed by atoms with Crippen molar-refractivity contribution in [3.05, 3.63) is 100.0 Å². The minimum atomic E-state index is -2.85. The quantitative estimate of drug-likeness (QED) is 0.307. The van der Waals surface area contributed by atoms with Gasteiger partial charge in [-0.15, -0.1) is 0 Å². The Kier molecular flexibility index (Phi) is 5.41. The van der Waals surface area contributed by atoms with E-state index in [1.807, 2.05) is 18.2 Å². The van der Waals surface area contributed by atoms with E-state index in [-0.39, 0.29) is 33.3 Å². The number of esters is 1. The fraction of sp³-hybridized carbons (Fsp3) is 0.115. The van der Waals surface area contributed by atoms with E-state index < -0.39 is 19.1 Å². The Morgan fingerprint density at radius 3 is 2.53 bits per heavy atom. The van der Waals surface area contributed by atoms with Crippen LogP contribution in [-0.2, 0) is 11.3 Å². The average Bonchev–Trinajstić information content (AvgIpc) is 3.23. The molecule has 0 atom stereocenters. The zero-order valence-corrected chi connectivity index (χ0v) is 18.0. The zero-order valence-electron chi connectivity index (χ0n) is 18.0. The molecule has 0 N–H and O–H groups in total. The molecule has 0 aliphatic carbocycles. The predicted molar refractivity (Wildman–Crippen MR) is 123 cm³/mol. The van der Waals surface area contributed by atoms with Crippen LogP contribution in [0.15, 0.2) is 82.0 Å². The number of imidazole rings is 1. The number of fused-ring (bicyclic) bond motifs is 2. The Morgan fingerprint density at radius 1 is 1.03 bits per heavy atom. The van der Waals surface area contributed by atoms with Gasteiger partial charge in [-0.1, -0.05) is 48.5 Å². The first kappa shape index (κ1) is 21.5. The molecule has 0 bridgehead atoms. The molecule has 3 aromatic carbocycles. The average molecular weight is 460 g/mol. The van der Waals surface area contributed by atoms with Gasteiger partial charge in [-0.05, 0) is 31.2 Å². The first-order valence-electron chi connectivity index (χ1n) is 10.5. The number of ether oxygens (including phenoxy) is 1. The molecule has 6 nitrogen and oxygen atoms in total. The molecule has 8 heteroatoms. The van der Waals surface area contributed by atoms with E-state index >= 15 is 0 Å². The van der Waals surface area contributed by atoms with Crippen LogP contribution >= 0.6 is 0 Å². The molecular formula is C26H18F2N2O4. The molecule has 0 spiro atoms. The molecule has 0 aliphatic heterocycles. The number of hydrogen-bond donors (Lipinski definition) is 0. The van der Waals surface area contributed by atoms with Crippen LogP contribution in [0.4, 0.5) is 8.78 Å². The third-order valence-electron chi connectivity index (χ3n) is 5.60. The number of rotatable bonds is 5. The fourth-order valence-electron chi connectivity index (χ4n) is 3.96. The Hall–Kier alpha value is -4.33. The summed E-state index contributed by atoms with van der Waals surface area (Å²) in [7, 11) is 0. The first-order valence-corrected chi connectivity index (χ1v) is 10.5. The Morgan fingerprint density at radius 2 is 1.76 bits per heavy atom. The molecule has 0 saturated carbocycles. The Balaban J connectivity index is 1.53. The highest BCUT2D eigenvalue weighted by atomic mass is 19.3. The van der Waals surface area contributed by atoms with Gasteiger partial charge < -0.3 is 9.15 Å². The maximum Gasteiger partial charge on any atom is 0.342 e. The summed E-state index contributed by atoms with van der Waals surface area (Å²) in [6.07, 6.45) is 0. The molecule has 5 aromatic rings. The normalized spacial score (nSPS) is 11.4. The van der Waals surface area contributed by atoms with Crippen molar-refractivity contribution in [1.29, 1.82) is 0 Å². The monoisotopic (exact) mass is 460 g/mol. The van der Waals surface area contributed by atoms with Crippen molar-refractivity contribution >= 4 is 28.0 Å². The van der Waals surface area contributed by atoms with Crippen molar-refractivity contribution in [2.45, 2.75) is 20.1 Å². The molecule has 0 amide bonds. The molecule has 34 heavy (non-hydrogen) atoms. The lowest BCUT2D eigenvalue weighted by molar-refractivity contribution is 0.0388. The highest BCUT2D eigenvalue weighted by molar-refractivity contribution is 6.02. The summed E-state index contributed by atoms with van der Waals surface area (Å²) < 4.78 is 39.4. The largest absolute Gasteiger partial charge is 0.455 e. The van der Waals surface area contributed by atoms with Crippen molar-refractivity contribution in [3.63, 3.8) is 0 Å². The van der Waals surface area contributed by atoms with Gasteiger partial charge in [-0.25, -0.2) is 9.78 Å². The van der Waals surface area contributed by atoms with Crippen LogP contribution in [0.1, 0.15) is 28.3 Å². The molecule has 2 heterocycles. The Labute approximate surface area is 192 Å². The summed E-state index contributed by atoms with van der Waals surface area (Å²) in [4.78, 5) is 30.1. The van der Waals surface area contributed by atoms with Gasteiger partial charge in [0, 0.05) is 11.1 Å². The molecule has 0 fully saturated rings. The number of benzene rings is 3. The molecule has 0 unspecified atom stereocenters. The van der Waals surface area contributed by atoms with Crippen molar-refractivity contribution in [3.8, 4) is 11.3 Å². The maximum absolute atomic E-state index is 13.7. The summed E-state index contributed by atoms with van der Waals surface area (Å²) in [5, 5.41) is 0.228. The van der Waals surface area contributed by atoms with E-state index in [1.54, 1.807) is 49.4 Å². The van der Waals surface area contributed by atoms with Crippen LogP contribution in [-0.4, -0.2) is 15.5 Å². The second-order valence-electron chi connectivity index (χ2n) is 7.67. The van der Waals surface area contributed by atoms with E-state index in [4.69, 9.17) is 9.15 Å². The second kappa shape index (κ2) is 8.55. The predicted octanol–water partition coefficient (Wildman–Crippen LogP) is 5.87. The molecule has 5 rings (SSSR count). The van der Waals surface area contributed by atoms with E-state index in [9.17, 15) is 18.4 Å².